The number of alkyl halides is 2. The van der Waals surface area contributed by atoms with Gasteiger partial charge in [0.15, 0.2) is 11.5 Å². The summed E-state index contributed by atoms with van der Waals surface area (Å²) in [4.78, 5) is 3.15. The minimum atomic E-state index is -2.90. The molecule has 1 aromatic heterocycles. The average Bonchev–Trinajstić information content (AvgIpc) is 2.16. The van der Waals surface area contributed by atoms with Gasteiger partial charge in [-0.15, -0.1) is 0 Å². The van der Waals surface area contributed by atoms with Gasteiger partial charge in [0.2, 0.25) is 0 Å². The molecule has 0 aliphatic carbocycles. The summed E-state index contributed by atoms with van der Waals surface area (Å²) < 4.78 is 41.9. The summed E-state index contributed by atoms with van der Waals surface area (Å²) in [6, 6.07) is 2.08. The highest BCUT2D eigenvalue weighted by Crippen LogP contribution is 2.28. The lowest BCUT2D eigenvalue weighted by molar-refractivity contribution is 0.141. The SMILES string of the molecule is COc1cc(F)c(C#N)nc1C(F)F. The number of pyridine rings is 1. The Bertz CT molecular complexity index is 387. The first-order valence-corrected chi connectivity index (χ1v) is 3.52. The fourth-order valence-corrected chi connectivity index (χ4v) is 0.885. The number of hydrogen-bond acceptors (Lipinski definition) is 3. The first kappa shape index (κ1) is 10.3. The second-order valence-electron chi connectivity index (χ2n) is 2.32. The van der Waals surface area contributed by atoms with E-state index in [0.717, 1.165) is 7.11 Å². The molecule has 1 heterocycles. The predicted molar refractivity (Wildman–Crippen MR) is 40.4 cm³/mol. The number of rotatable bonds is 2. The van der Waals surface area contributed by atoms with E-state index in [-0.39, 0.29) is 5.75 Å². The van der Waals surface area contributed by atoms with E-state index < -0.39 is 23.6 Å². The highest BCUT2D eigenvalue weighted by Gasteiger charge is 2.19. The molecule has 0 radical (unpaired) electrons. The number of nitrogens with zero attached hydrogens (tertiary/aromatic N) is 2. The van der Waals surface area contributed by atoms with Gasteiger partial charge in [-0.05, 0) is 0 Å². The van der Waals surface area contributed by atoms with Crippen LogP contribution in [0.25, 0.3) is 0 Å². The molecule has 0 saturated carbocycles. The smallest absolute Gasteiger partial charge is 0.284 e. The maximum absolute atomic E-state index is 12.9. The van der Waals surface area contributed by atoms with Crippen LogP contribution < -0.4 is 4.74 Å². The van der Waals surface area contributed by atoms with Crippen molar-refractivity contribution >= 4 is 0 Å². The van der Waals surface area contributed by atoms with Crippen LogP contribution in [0.4, 0.5) is 13.2 Å². The number of ether oxygens (including phenoxy) is 1. The molecule has 1 rings (SSSR count). The van der Waals surface area contributed by atoms with Crippen molar-refractivity contribution in [1.82, 2.24) is 4.98 Å². The quantitative estimate of drug-likeness (QED) is 0.737. The second-order valence-corrected chi connectivity index (χ2v) is 2.32. The molecule has 1 aromatic rings. The van der Waals surface area contributed by atoms with Gasteiger partial charge in [0, 0.05) is 6.07 Å². The molecule has 0 fully saturated rings. The van der Waals surface area contributed by atoms with Gasteiger partial charge in [-0.1, -0.05) is 0 Å². The van der Waals surface area contributed by atoms with Gasteiger partial charge < -0.3 is 4.74 Å². The third-order valence-corrected chi connectivity index (χ3v) is 1.50. The summed E-state index contributed by atoms with van der Waals surface area (Å²) in [5.74, 6) is -1.34. The molecule has 14 heavy (non-hydrogen) atoms. The minimum absolute atomic E-state index is 0.364. The lowest BCUT2D eigenvalue weighted by Gasteiger charge is -2.06. The van der Waals surface area contributed by atoms with E-state index >= 15 is 0 Å². The van der Waals surface area contributed by atoms with E-state index in [4.69, 9.17) is 5.26 Å². The van der Waals surface area contributed by atoms with Crippen LogP contribution in [-0.2, 0) is 0 Å². The molecule has 0 aliphatic heterocycles. The zero-order valence-electron chi connectivity index (χ0n) is 7.09. The molecule has 74 valence electrons. The zero-order valence-corrected chi connectivity index (χ0v) is 7.09. The van der Waals surface area contributed by atoms with Gasteiger partial charge >= 0.3 is 0 Å². The predicted octanol–water partition coefficient (Wildman–Crippen LogP) is 2.04. The van der Waals surface area contributed by atoms with Crippen LogP contribution in [0.1, 0.15) is 17.8 Å². The summed E-state index contributed by atoms with van der Waals surface area (Å²) in [6.45, 7) is 0. The standard InChI is InChI=1S/C8H5F3N2O/c1-14-6-2-4(9)5(3-12)13-7(6)8(10)11/h2,8H,1H3. The lowest BCUT2D eigenvalue weighted by Crippen LogP contribution is -2.01. The molecule has 0 N–H and O–H groups in total. The molecular weight excluding hydrogens is 197 g/mol. The van der Waals surface area contributed by atoms with Gasteiger partial charge in [-0.3, -0.25) is 0 Å². The second kappa shape index (κ2) is 3.96. The van der Waals surface area contributed by atoms with Crippen LogP contribution in [0.15, 0.2) is 6.07 Å². The normalized spacial score (nSPS) is 10.0. The van der Waals surface area contributed by atoms with Crippen molar-refractivity contribution in [3.8, 4) is 11.8 Å². The van der Waals surface area contributed by atoms with Crippen molar-refractivity contribution in [3.63, 3.8) is 0 Å². The summed E-state index contributed by atoms with van der Waals surface area (Å²) >= 11 is 0. The Kier molecular flexibility index (Phi) is 2.92. The number of aromatic nitrogens is 1. The van der Waals surface area contributed by atoms with Gasteiger partial charge in [0.25, 0.3) is 6.43 Å². The van der Waals surface area contributed by atoms with Crippen molar-refractivity contribution in [1.29, 1.82) is 5.26 Å². The minimum Gasteiger partial charge on any atom is -0.495 e. The fourth-order valence-electron chi connectivity index (χ4n) is 0.885. The molecule has 6 heteroatoms. The van der Waals surface area contributed by atoms with E-state index in [0.29, 0.717) is 6.07 Å². The van der Waals surface area contributed by atoms with E-state index in [1.807, 2.05) is 0 Å². The van der Waals surface area contributed by atoms with Crippen molar-refractivity contribution in [2.45, 2.75) is 6.43 Å². The molecule has 0 aliphatic rings. The van der Waals surface area contributed by atoms with Crippen LogP contribution in [0.3, 0.4) is 0 Å². The third-order valence-electron chi connectivity index (χ3n) is 1.50. The summed E-state index contributed by atoms with van der Waals surface area (Å²) in [5.41, 5.74) is -1.40. The molecular formula is C8H5F3N2O. The number of hydrogen-bond donors (Lipinski definition) is 0. The van der Waals surface area contributed by atoms with Gasteiger partial charge in [-0.2, -0.15) is 5.26 Å². The number of methoxy groups -OCH3 is 1. The molecule has 0 saturated heterocycles. The largest absolute Gasteiger partial charge is 0.495 e. The van der Waals surface area contributed by atoms with Crippen molar-refractivity contribution in [3.05, 3.63) is 23.3 Å². The summed E-state index contributed by atoms with van der Waals surface area (Å²) in [5, 5.41) is 8.35. The summed E-state index contributed by atoms with van der Waals surface area (Å²) in [6.07, 6.45) is -2.90. The van der Waals surface area contributed by atoms with Crippen LogP contribution in [0.5, 0.6) is 5.75 Å². The maximum atomic E-state index is 12.9. The Hall–Kier alpha value is -1.77. The van der Waals surface area contributed by atoms with Crippen molar-refractivity contribution in [2.24, 2.45) is 0 Å². The van der Waals surface area contributed by atoms with Crippen LogP contribution in [0.2, 0.25) is 0 Å². The number of halogens is 3. The Morgan fingerprint density at radius 3 is 2.64 bits per heavy atom. The van der Waals surface area contributed by atoms with Crippen molar-refractivity contribution in [2.75, 3.05) is 7.11 Å². The van der Waals surface area contributed by atoms with Crippen LogP contribution in [-0.4, -0.2) is 12.1 Å². The van der Waals surface area contributed by atoms with Crippen LogP contribution >= 0.6 is 0 Å². The van der Waals surface area contributed by atoms with Gasteiger partial charge in [0.1, 0.15) is 17.5 Å². The Morgan fingerprint density at radius 2 is 2.21 bits per heavy atom. The first-order chi connectivity index (χ1) is 6.60. The van der Waals surface area contributed by atoms with E-state index in [2.05, 4.69) is 9.72 Å². The average molecular weight is 202 g/mol. The molecule has 3 nitrogen and oxygen atoms in total. The van der Waals surface area contributed by atoms with Gasteiger partial charge in [-0.25, -0.2) is 18.2 Å². The van der Waals surface area contributed by atoms with E-state index in [1.165, 1.54) is 6.07 Å². The maximum Gasteiger partial charge on any atom is 0.284 e. The molecule has 0 spiro atoms. The highest BCUT2D eigenvalue weighted by molar-refractivity contribution is 5.35. The van der Waals surface area contributed by atoms with Crippen molar-refractivity contribution < 1.29 is 17.9 Å². The summed E-state index contributed by atoms with van der Waals surface area (Å²) in [7, 11) is 1.12. The molecule has 0 unspecified atom stereocenters. The number of nitriles is 1. The van der Waals surface area contributed by atoms with Crippen LogP contribution in [0, 0.1) is 17.1 Å². The zero-order chi connectivity index (χ0) is 10.7. The fraction of sp³-hybridized carbons (Fsp3) is 0.250. The molecule has 0 bridgehead atoms. The van der Waals surface area contributed by atoms with Gasteiger partial charge in [0.05, 0.1) is 7.11 Å². The monoisotopic (exact) mass is 202 g/mol. The molecule has 0 aromatic carbocycles. The van der Waals surface area contributed by atoms with E-state index in [9.17, 15) is 13.2 Å². The Balaban J connectivity index is 3.34. The topological polar surface area (TPSA) is 45.9 Å². The first-order valence-electron chi connectivity index (χ1n) is 3.52. The Labute approximate surface area is 77.7 Å². The molecule has 0 amide bonds. The third kappa shape index (κ3) is 1.76. The van der Waals surface area contributed by atoms with E-state index in [1.54, 1.807) is 0 Å². The molecule has 0 atom stereocenters. The highest BCUT2D eigenvalue weighted by atomic mass is 19.3. The Morgan fingerprint density at radius 1 is 1.57 bits per heavy atom. The lowest BCUT2D eigenvalue weighted by atomic mass is 10.2.